The van der Waals surface area contributed by atoms with Gasteiger partial charge in [-0.25, -0.2) is 5.43 Å². The van der Waals surface area contributed by atoms with Crippen molar-refractivity contribution in [1.29, 1.82) is 5.26 Å². The number of oxazole rings is 1. The summed E-state index contributed by atoms with van der Waals surface area (Å²) in [7, 11) is 0. The van der Waals surface area contributed by atoms with Crippen LogP contribution < -0.4 is 10.2 Å². The number of hydrogen-bond donors (Lipinski definition) is 1. The molecule has 0 bridgehead atoms. The van der Waals surface area contributed by atoms with Gasteiger partial charge < -0.3 is 9.15 Å². The Morgan fingerprint density at radius 3 is 3.04 bits per heavy atom. The van der Waals surface area contributed by atoms with Gasteiger partial charge in [0, 0.05) is 5.57 Å². The third kappa shape index (κ3) is 5.50. The minimum atomic E-state index is 0.142. The van der Waals surface area contributed by atoms with Crippen molar-refractivity contribution >= 4 is 17.7 Å². The number of rotatable bonds is 9. The Morgan fingerprint density at radius 2 is 2.32 bits per heavy atom. The molecule has 1 aromatic heterocycles. The molecule has 2 aromatic rings. The van der Waals surface area contributed by atoms with Crippen LogP contribution in [0.1, 0.15) is 50.3 Å². The molecule has 0 aliphatic rings. The quantitative estimate of drug-likeness (QED) is 0.410. The maximum Gasteiger partial charge on any atom is 0.252 e. The highest BCUT2D eigenvalue weighted by Crippen LogP contribution is 2.20. The fourth-order valence-corrected chi connectivity index (χ4v) is 2.05. The summed E-state index contributed by atoms with van der Waals surface area (Å²) in [4.78, 5) is 4.03. The van der Waals surface area contributed by atoms with E-state index < -0.39 is 0 Å². The number of nitrogens with one attached hydrogen (secondary N) is 1. The first-order valence-corrected chi connectivity index (χ1v) is 8.22. The fraction of sp³-hybridized carbons (Fsp3) is 0.316. The molecule has 25 heavy (non-hydrogen) atoms. The third-order valence-electron chi connectivity index (χ3n) is 3.35. The highest BCUT2D eigenvalue weighted by atomic mass is 16.5. The summed E-state index contributed by atoms with van der Waals surface area (Å²) in [5, 5.41) is 13.2. The van der Waals surface area contributed by atoms with Crippen molar-refractivity contribution in [2.45, 2.75) is 33.1 Å². The van der Waals surface area contributed by atoms with Crippen LogP contribution in [0.5, 0.6) is 5.75 Å². The van der Waals surface area contributed by atoms with Crippen molar-refractivity contribution in [1.82, 2.24) is 4.98 Å². The van der Waals surface area contributed by atoms with Gasteiger partial charge in [-0.15, -0.1) is 0 Å². The first kappa shape index (κ1) is 18.3. The molecule has 0 spiro atoms. The molecule has 0 amide bonds. The molecular weight excluding hydrogens is 316 g/mol. The van der Waals surface area contributed by atoms with Crippen LogP contribution in [0.25, 0.3) is 5.57 Å². The smallest absolute Gasteiger partial charge is 0.252 e. The van der Waals surface area contributed by atoms with Crippen molar-refractivity contribution in [2.24, 2.45) is 5.10 Å². The first-order valence-electron chi connectivity index (χ1n) is 8.22. The Hall–Kier alpha value is -3.07. The van der Waals surface area contributed by atoms with Gasteiger partial charge in [0.2, 0.25) is 11.6 Å². The van der Waals surface area contributed by atoms with Gasteiger partial charge in [-0.1, -0.05) is 38.5 Å². The number of hydrogen-bond acceptors (Lipinski definition) is 6. The lowest BCUT2D eigenvalue weighted by Gasteiger charge is -2.06. The normalized spacial score (nSPS) is 10.6. The topological polar surface area (TPSA) is 83.4 Å². The molecule has 1 heterocycles. The lowest BCUT2D eigenvalue weighted by Crippen LogP contribution is -1.97. The van der Waals surface area contributed by atoms with Crippen molar-refractivity contribution < 1.29 is 9.15 Å². The Kier molecular flexibility index (Phi) is 6.78. The summed E-state index contributed by atoms with van der Waals surface area (Å²) < 4.78 is 11.1. The van der Waals surface area contributed by atoms with E-state index in [1.54, 1.807) is 13.1 Å². The van der Waals surface area contributed by atoms with E-state index in [2.05, 4.69) is 29.0 Å². The molecule has 0 atom stereocenters. The monoisotopic (exact) mass is 338 g/mol. The number of unbranched alkanes of at least 4 members (excludes halogenated alkanes) is 2. The van der Waals surface area contributed by atoms with Gasteiger partial charge in [0.25, 0.3) is 5.88 Å². The van der Waals surface area contributed by atoms with E-state index >= 15 is 0 Å². The van der Waals surface area contributed by atoms with E-state index in [-0.39, 0.29) is 11.6 Å². The summed E-state index contributed by atoms with van der Waals surface area (Å²) in [5.74, 6) is 1.32. The molecule has 0 aliphatic carbocycles. The van der Waals surface area contributed by atoms with Crippen molar-refractivity contribution in [3.63, 3.8) is 0 Å². The summed E-state index contributed by atoms with van der Waals surface area (Å²) >= 11 is 0. The zero-order chi connectivity index (χ0) is 18.1. The highest BCUT2D eigenvalue weighted by molar-refractivity contribution is 5.80. The second-order valence-corrected chi connectivity index (χ2v) is 5.59. The number of nitrogens with zero attached hydrogens (tertiary/aromatic N) is 3. The summed E-state index contributed by atoms with van der Waals surface area (Å²) in [6, 6.07) is 9.60. The molecular formula is C19H22N4O2. The molecule has 0 radical (unpaired) electrons. The second kappa shape index (κ2) is 9.28. The Labute approximate surface area is 147 Å². The number of allylic oxidation sites excluding steroid dienone is 1. The minimum absolute atomic E-state index is 0.142. The zero-order valence-electron chi connectivity index (χ0n) is 14.6. The number of ether oxygens (including phenoxy) is 1. The molecule has 0 saturated heterocycles. The van der Waals surface area contributed by atoms with Crippen molar-refractivity contribution in [3.8, 4) is 11.8 Å². The maximum absolute atomic E-state index is 9.08. The predicted octanol–water partition coefficient (Wildman–Crippen LogP) is 4.59. The van der Waals surface area contributed by atoms with E-state index in [1.165, 1.54) is 6.42 Å². The predicted molar refractivity (Wildman–Crippen MR) is 98.6 cm³/mol. The largest absolute Gasteiger partial charge is 0.494 e. The van der Waals surface area contributed by atoms with Crippen LogP contribution in [0.2, 0.25) is 0 Å². The van der Waals surface area contributed by atoms with Crippen LogP contribution in [-0.4, -0.2) is 17.8 Å². The molecule has 6 nitrogen and oxygen atoms in total. The Bertz CT molecular complexity index is 787. The molecule has 0 fully saturated rings. The van der Waals surface area contributed by atoms with E-state index in [4.69, 9.17) is 14.4 Å². The molecule has 6 heteroatoms. The number of hydrazone groups is 1. The number of aromatic nitrogens is 1. The Morgan fingerprint density at radius 1 is 1.48 bits per heavy atom. The lowest BCUT2D eigenvalue weighted by molar-refractivity contribution is 0.306. The van der Waals surface area contributed by atoms with Gasteiger partial charge in [-0.3, -0.25) is 0 Å². The van der Waals surface area contributed by atoms with Crippen LogP contribution in [0.15, 0.2) is 40.4 Å². The average Bonchev–Trinajstić information content (AvgIpc) is 3.03. The molecule has 1 aromatic carbocycles. The van der Waals surface area contributed by atoms with Gasteiger partial charge in [0.1, 0.15) is 11.8 Å². The van der Waals surface area contributed by atoms with E-state index in [0.717, 1.165) is 24.2 Å². The van der Waals surface area contributed by atoms with Gasteiger partial charge in [-0.2, -0.15) is 15.3 Å². The van der Waals surface area contributed by atoms with Gasteiger partial charge in [0.15, 0.2) is 0 Å². The molecule has 2 rings (SSSR count). The van der Waals surface area contributed by atoms with Gasteiger partial charge in [-0.05, 0) is 31.0 Å². The van der Waals surface area contributed by atoms with Gasteiger partial charge >= 0.3 is 0 Å². The standard InChI is InChI=1S/C19H22N4O2/c1-4-5-6-10-24-16-9-7-8-15(11-16)13-21-23-19-17(12-20)22-18(25-19)14(2)3/h7-9,11,13,23H,2,4-6,10H2,1,3H3/b21-13-. The maximum atomic E-state index is 9.08. The molecule has 0 unspecified atom stereocenters. The molecule has 130 valence electrons. The van der Waals surface area contributed by atoms with Crippen molar-refractivity contribution in [3.05, 3.63) is 48.0 Å². The SMILES string of the molecule is C=C(C)c1nc(C#N)c(N/N=C\c2cccc(OCCCCC)c2)o1. The van der Waals surface area contributed by atoms with Gasteiger partial charge in [0.05, 0.1) is 12.8 Å². The average molecular weight is 338 g/mol. The highest BCUT2D eigenvalue weighted by Gasteiger charge is 2.12. The third-order valence-corrected chi connectivity index (χ3v) is 3.35. The lowest BCUT2D eigenvalue weighted by atomic mass is 10.2. The number of benzene rings is 1. The summed E-state index contributed by atoms with van der Waals surface area (Å²) in [6.07, 6.45) is 5.00. The summed E-state index contributed by atoms with van der Waals surface area (Å²) in [6.45, 7) is 8.37. The number of anilines is 1. The fourth-order valence-electron chi connectivity index (χ4n) is 2.05. The molecule has 1 N–H and O–H groups in total. The Balaban J connectivity index is 1.98. The zero-order valence-corrected chi connectivity index (χ0v) is 14.6. The van der Waals surface area contributed by atoms with Crippen LogP contribution in [0.4, 0.5) is 5.88 Å². The summed E-state index contributed by atoms with van der Waals surface area (Å²) in [5.41, 5.74) is 4.36. The van der Waals surface area contributed by atoms with E-state index in [1.807, 2.05) is 30.3 Å². The number of nitriles is 1. The van der Waals surface area contributed by atoms with Crippen molar-refractivity contribution in [2.75, 3.05) is 12.0 Å². The minimum Gasteiger partial charge on any atom is -0.494 e. The van der Waals surface area contributed by atoms with Crippen LogP contribution >= 0.6 is 0 Å². The van der Waals surface area contributed by atoms with E-state index in [9.17, 15) is 0 Å². The van der Waals surface area contributed by atoms with Crippen LogP contribution in [-0.2, 0) is 0 Å². The molecule has 0 saturated carbocycles. The van der Waals surface area contributed by atoms with Crippen LogP contribution in [0.3, 0.4) is 0 Å². The molecule has 0 aliphatic heterocycles. The first-order chi connectivity index (χ1) is 12.1. The second-order valence-electron chi connectivity index (χ2n) is 5.59. The van der Waals surface area contributed by atoms with Crippen LogP contribution in [0, 0.1) is 11.3 Å². The van der Waals surface area contributed by atoms with E-state index in [0.29, 0.717) is 18.1 Å².